The molecule has 2 aromatic heterocycles. The van der Waals surface area contributed by atoms with Gasteiger partial charge in [0.25, 0.3) is 0 Å². The highest BCUT2D eigenvalue weighted by atomic mass is 16.5. The summed E-state index contributed by atoms with van der Waals surface area (Å²) in [7, 11) is 1.62. The van der Waals surface area contributed by atoms with Crippen molar-refractivity contribution in [2.24, 2.45) is 0 Å². The van der Waals surface area contributed by atoms with Crippen molar-refractivity contribution in [3.63, 3.8) is 0 Å². The Morgan fingerprint density at radius 3 is 2.68 bits per heavy atom. The molecule has 28 heavy (non-hydrogen) atoms. The second-order valence-corrected chi connectivity index (χ2v) is 6.70. The minimum atomic E-state index is -0.250. The third-order valence-corrected chi connectivity index (χ3v) is 4.44. The molecule has 0 saturated heterocycles. The van der Waals surface area contributed by atoms with E-state index < -0.39 is 0 Å². The second kappa shape index (κ2) is 7.19. The number of anilines is 2. The zero-order valence-corrected chi connectivity index (χ0v) is 16.0. The molecule has 1 N–H and O–H groups in total. The highest BCUT2D eigenvalue weighted by molar-refractivity contribution is 5.57. The lowest BCUT2D eigenvalue weighted by Crippen LogP contribution is -2.23. The molecule has 0 unspecified atom stereocenters. The van der Waals surface area contributed by atoms with Gasteiger partial charge in [0.15, 0.2) is 5.65 Å². The number of benzene rings is 2. The molecular formula is C21H21N5O2. The van der Waals surface area contributed by atoms with Gasteiger partial charge in [0, 0.05) is 17.4 Å². The van der Waals surface area contributed by atoms with Gasteiger partial charge in [0.2, 0.25) is 5.95 Å². The van der Waals surface area contributed by atoms with Gasteiger partial charge in [-0.25, -0.2) is 18.9 Å². The molecule has 0 fully saturated rings. The van der Waals surface area contributed by atoms with Crippen LogP contribution in [0.5, 0.6) is 5.75 Å². The maximum absolute atomic E-state index is 13.0. The molecule has 2 heterocycles. The van der Waals surface area contributed by atoms with Gasteiger partial charge >= 0.3 is 5.69 Å². The van der Waals surface area contributed by atoms with Crippen LogP contribution in [-0.2, 0) is 6.54 Å². The van der Waals surface area contributed by atoms with Crippen molar-refractivity contribution >= 4 is 17.3 Å². The predicted octanol–water partition coefficient (Wildman–Crippen LogP) is 3.31. The first kappa shape index (κ1) is 17.8. The summed E-state index contributed by atoms with van der Waals surface area (Å²) in [5.74, 6) is 1.19. The van der Waals surface area contributed by atoms with Crippen molar-refractivity contribution in [1.82, 2.24) is 19.2 Å². The number of fused-ring (bicyclic) bond motifs is 1. The molecular weight excluding hydrogens is 354 g/mol. The summed E-state index contributed by atoms with van der Waals surface area (Å²) >= 11 is 0. The van der Waals surface area contributed by atoms with E-state index in [9.17, 15) is 4.79 Å². The molecule has 0 atom stereocenters. The molecule has 4 rings (SSSR count). The largest absolute Gasteiger partial charge is 0.497 e. The smallest absolute Gasteiger partial charge is 0.353 e. The van der Waals surface area contributed by atoms with Crippen molar-refractivity contribution in [2.45, 2.75) is 20.4 Å². The molecule has 0 amide bonds. The predicted molar refractivity (Wildman–Crippen MR) is 109 cm³/mol. The minimum Gasteiger partial charge on any atom is -0.497 e. The fourth-order valence-electron chi connectivity index (χ4n) is 3.14. The maximum Gasteiger partial charge on any atom is 0.353 e. The monoisotopic (exact) mass is 375 g/mol. The Kier molecular flexibility index (Phi) is 4.57. The molecule has 0 saturated carbocycles. The maximum atomic E-state index is 13.0. The molecule has 0 bridgehead atoms. The minimum absolute atomic E-state index is 0.250. The van der Waals surface area contributed by atoms with Crippen molar-refractivity contribution in [1.29, 1.82) is 0 Å². The zero-order valence-electron chi connectivity index (χ0n) is 16.0. The lowest BCUT2D eigenvalue weighted by molar-refractivity contribution is 0.414. The third kappa shape index (κ3) is 3.46. The van der Waals surface area contributed by atoms with Gasteiger partial charge in [0.05, 0.1) is 13.7 Å². The number of hydrogen-bond donors (Lipinski definition) is 1. The van der Waals surface area contributed by atoms with Crippen LogP contribution in [0, 0.1) is 13.8 Å². The normalized spacial score (nSPS) is 11.0. The number of rotatable bonds is 5. The average molecular weight is 375 g/mol. The van der Waals surface area contributed by atoms with E-state index in [0.717, 1.165) is 28.3 Å². The van der Waals surface area contributed by atoms with Crippen molar-refractivity contribution in [2.75, 3.05) is 12.4 Å². The summed E-state index contributed by atoms with van der Waals surface area (Å²) in [6, 6.07) is 17.3. The molecule has 7 heteroatoms. The van der Waals surface area contributed by atoms with Crippen LogP contribution in [-0.4, -0.2) is 26.3 Å². The third-order valence-electron chi connectivity index (χ3n) is 4.44. The first-order chi connectivity index (χ1) is 13.5. The molecule has 2 aromatic carbocycles. The van der Waals surface area contributed by atoms with Crippen LogP contribution < -0.4 is 15.7 Å². The van der Waals surface area contributed by atoms with Gasteiger partial charge < -0.3 is 10.1 Å². The molecule has 0 aliphatic heterocycles. The number of nitrogens with one attached hydrogen (secondary N) is 1. The van der Waals surface area contributed by atoms with E-state index in [1.807, 2.05) is 62.4 Å². The van der Waals surface area contributed by atoms with Crippen LogP contribution in [0.3, 0.4) is 0 Å². The van der Waals surface area contributed by atoms with E-state index in [1.165, 1.54) is 9.08 Å². The van der Waals surface area contributed by atoms with Gasteiger partial charge in [-0.1, -0.05) is 24.3 Å². The summed E-state index contributed by atoms with van der Waals surface area (Å²) in [6.07, 6.45) is 0. The van der Waals surface area contributed by atoms with E-state index in [-0.39, 0.29) is 5.69 Å². The van der Waals surface area contributed by atoms with E-state index in [4.69, 9.17) is 4.74 Å². The Morgan fingerprint density at radius 1 is 1.07 bits per heavy atom. The molecule has 4 aromatic rings. The average Bonchev–Trinajstić information content (AvgIpc) is 2.97. The highest BCUT2D eigenvalue weighted by Gasteiger charge is 2.14. The van der Waals surface area contributed by atoms with Gasteiger partial charge in [-0.15, -0.1) is 5.10 Å². The van der Waals surface area contributed by atoms with Crippen molar-refractivity contribution < 1.29 is 4.74 Å². The molecule has 0 spiro atoms. The molecule has 0 aliphatic carbocycles. The summed E-state index contributed by atoms with van der Waals surface area (Å²) in [5.41, 5.74) is 4.00. The van der Waals surface area contributed by atoms with E-state index >= 15 is 0 Å². The van der Waals surface area contributed by atoms with Gasteiger partial charge in [-0.05, 0) is 49.2 Å². The number of nitrogens with zero attached hydrogens (tertiary/aromatic N) is 4. The molecule has 7 nitrogen and oxygen atoms in total. The van der Waals surface area contributed by atoms with Gasteiger partial charge in [-0.3, -0.25) is 0 Å². The number of ether oxygens (including phenoxy) is 1. The van der Waals surface area contributed by atoms with Crippen LogP contribution in [0.1, 0.15) is 16.8 Å². The molecule has 142 valence electrons. The van der Waals surface area contributed by atoms with E-state index in [2.05, 4.69) is 15.4 Å². The van der Waals surface area contributed by atoms with Crippen LogP contribution in [0.4, 0.5) is 11.6 Å². The summed E-state index contributed by atoms with van der Waals surface area (Å²) in [4.78, 5) is 17.5. The summed E-state index contributed by atoms with van der Waals surface area (Å²) in [6.45, 7) is 4.25. The standard InChI is InChI=1S/C21H21N5O2/c1-14-6-4-8-17(10-14)23-20-22-15(2)11-19-24-25(21(27)26(19)20)13-16-7-5-9-18(12-16)28-3/h4-12H,13H2,1-3H3,(H,22,23). The Hall–Kier alpha value is -3.61. The second-order valence-electron chi connectivity index (χ2n) is 6.70. The fourth-order valence-corrected chi connectivity index (χ4v) is 3.14. The first-order valence-electron chi connectivity index (χ1n) is 8.97. The van der Waals surface area contributed by atoms with Crippen LogP contribution in [0.15, 0.2) is 59.4 Å². The lowest BCUT2D eigenvalue weighted by atomic mass is 10.2. The highest BCUT2D eigenvalue weighted by Crippen LogP contribution is 2.17. The van der Waals surface area contributed by atoms with E-state index in [0.29, 0.717) is 18.1 Å². The summed E-state index contributed by atoms with van der Waals surface area (Å²) < 4.78 is 8.19. The number of methoxy groups -OCH3 is 1. The molecule has 0 aliphatic rings. The fraction of sp³-hybridized carbons (Fsp3) is 0.190. The van der Waals surface area contributed by atoms with Crippen molar-refractivity contribution in [3.05, 3.63) is 81.9 Å². The Bertz CT molecular complexity index is 1210. The Labute approximate surface area is 162 Å². The van der Waals surface area contributed by atoms with Crippen molar-refractivity contribution in [3.8, 4) is 5.75 Å². The molecule has 0 radical (unpaired) electrons. The summed E-state index contributed by atoms with van der Waals surface area (Å²) in [5, 5.41) is 7.73. The number of hydrogen-bond acceptors (Lipinski definition) is 5. The lowest BCUT2D eigenvalue weighted by Gasteiger charge is -2.08. The van der Waals surface area contributed by atoms with E-state index in [1.54, 1.807) is 13.2 Å². The van der Waals surface area contributed by atoms with Crippen LogP contribution >= 0.6 is 0 Å². The quantitative estimate of drug-likeness (QED) is 0.579. The van der Waals surface area contributed by atoms with Gasteiger partial charge in [-0.2, -0.15) is 0 Å². The van der Waals surface area contributed by atoms with Gasteiger partial charge in [0.1, 0.15) is 5.75 Å². The topological polar surface area (TPSA) is 73.4 Å². The number of aryl methyl sites for hydroxylation is 2. The zero-order chi connectivity index (χ0) is 19.7. The Balaban J connectivity index is 1.76. The number of aromatic nitrogens is 4. The SMILES string of the molecule is COc1cccc(Cn2nc3cc(C)nc(Nc4cccc(C)c4)n3c2=O)c1. The van der Waals surface area contributed by atoms with Crippen LogP contribution in [0.2, 0.25) is 0 Å². The first-order valence-corrected chi connectivity index (χ1v) is 8.97. The van der Waals surface area contributed by atoms with Crippen LogP contribution in [0.25, 0.3) is 5.65 Å². The Morgan fingerprint density at radius 2 is 1.89 bits per heavy atom.